The number of amides is 2. The Balaban J connectivity index is 1.66. The van der Waals surface area contributed by atoms with Crippen LogP contribution in [0.25, 0.3) is 0 Å². The highest BCUT2D eigenvalue weighted by molar-refractivity contribution is 6.42. The summed E-state index contributed by atoms with van der Waals surface area (Å²) in [5, 5.41) is 5.93. The second-order valence-electron chi connectivity index (χ2n) is 5.94. The smallest absolute Gasteiger partial charge is 0.306 e. The van der Waals surface area contributed by atoms with Crippen molar-refractivity contribution in [3.8, 4) is 5.75 Å². The quantitative estimate of drug-likeness (QED) is 0.569. The van der Waals surface area contributed by atoms with Gasteiger partial charge in [0.1, 0.15) is 5.75 Å². The molecule has 0 bridgehead atoms. The molecule has 29 heavy (non-hydrogen) atoms. The molecule has 154 valence electrons. The standard InChI is InChI=1S/C20H20Cl2N2O5/c1-28-17-6-3-2-5-16(17)24-18(25)7-4-8-20(27)29-12-19(26)23-13-9-10-14(21)15(22)11-13/h2-3,5-6,9-11H,4,7-8,12H2,1H3,(H,23,26)(H,24,25). The highest BCUT2D eigenvalue weighted by atomic mass is 35.5. The van der Waals surface area contributed by atoms with Gasteiger partial charge in [0.15, 0.2) is 6.61 Å². The third-order valence-electron chi connectivity index (χ3n) is 3.73. The molecule has 0 saturated heterocycles. The normalized spacial score (nSPS) is 10.2. The summed E-state index contributed by atoms with van der Waals surface area (Å²) >= 11 is 11.7. The molecule has 0 fully saturated rings. The largest absolute Gasteiger partial charge is 0.495 e. The molecule has 2 rings (SSSR count). The Bertz CT molecular complexity index is 889. The van der Waals surface area contributed by atoms with E-state index in [0.29, 0.717) is 27.2 Å². The maximum absolute atomic E-state index is 12.0. The van der Waals surface area contributed by atoms with Crippen molar-refractivity contribution in [2.45, 2.75) is 19.3 Å². The Morgan fingerprint density at radius 2 is 1.69 bits per heavy atom. The number of methoxy groups -OCH3 is 1. The van der Waals surface area contributed by atoms with Gasteiger partial charge in [-0.2, -0.15) is 0 Å². The highest BCUT2D eigenvalue weighted by Crippen LogP contribution is 2.25. The first-order valence-corrected chi connectivity index (χ1v) is 9.48. The van der Waals surface area contributed by atoms with Crippen LogP contribution in [0.3, 0.4) is 0 Å². The van der Waals surface area contributed by atoms with E-state index in [2.05, 4.69) is 10.6 Å². The molecule has 0 aliphatic heterocycles. The van der Waals surface area contributed by atoms with Crippen molar-refractivity contribution in [3.63, 3.8) is 0 Å². The second-order valence-corrected chi connectivity index (χ2v) is 6.75. The minimum atomic E-state index is -0.570. The molecule has 0 aliphatic carbocycles. The van der Waals surface area contributed by atoms with E-state index in [1.807, 2.05) is 0 Å². The maximum atomic E-state index is 12.0. The summed E-state index contributed by atoms with van der Waals surface area (Å²) in [6.07, 6.45) is 0.427. The molecule has 0 spiro atoms. The number of benzene rings is 2. The van der Waals surface area contributed by atoms with Crippen LogP contribution in [0.15, 0.2) is 42.5 Å². The maximum Gasteiger partial charge on any atom is 0.306 e. The summed E-state index contributed by atoms with van der Waals surface area (Å²) in [6.45, 7) is -0.438. The molecule has 7 nitrogen and oxygen atoms in total. The second kappa shape index (κ2) is 11.3. The molecule has 0 radical (unpaired) electrons. The minimum Gasteiger partial charge on any atom is -0.495 e. The van der Waals surface area contributed by atoms with Crippen molar-refractivity contribution in [2.24, 2.45) is 0 Å². The Labute approximate surface area is 178 Å². The summed E-state index contributed by atoms with van der Waals surface area (Å²) in [4.78, 5) is 35.5. The van der Waals surface area contributed by atoms with Crippen molar-refractivity contribution >= 4 is 52.4 Å². The van der Waals surface area contributed by atoms with Crippen LogP contribution in [0.4, 0.5) is 11.4 Å². The molecule has 0 unspecified atom stereocenters. The Morgan fingerprint density at radius 1 is 0.931 bits per heavy atom. The van der Waals surface area contributed by atoms with Gasteiger partial charge in [-0.15, -0.1) is 0 Å². The van der Waals surface area contributed by atoms with Crippen LogP contribution < -0.4 is 15.4 Å². The molecule has 0 aromatic heterocycles. The van der Waals surface area contributed by atoms with Gasteiger partial charge in [0.05, 0.1) is 22.8 Å². The number of esters is 1. The molecule has 2 amide bonds. The van der Waals surface area contributed by atoms with Crippen LogP contribution in [0.5, 0.6) is 5.75 Å². The molecule has 0 atom stereocenters. The molecule has 2 aromatic rings. The lowest BCUT2D eigenvalue weighted by Crippen LogP contribution is -2.21. The van der Waals surface area contributed by atoms with Gasteiger partial charge in [-0.05, 0) is 36.8 Å². The molecular weight excluding hydrogens is 419 g/mol. The number of anilines is 2. The zero-order chi connectivity index (χ0) is 21.2. The summed E-state index contributed by atoms with van der Waals surface area (Å²) in [6, 6.07) is 11.6. The first kappa shape index (κ1) is 22.5. The fourth-order valence-electron chi connectivity index (χ4n) is 2.34. The number of hydrogen-bond donors (Lipinski definition) is 2. The SMILES string of the molecule is COc1ccccc1NC(=O)CCCC(=O)OCC(=O)Nc1ccc(Cl)c(Cl)c1. The van der Waals surface area contributed by atoms with Crippen LogP contribution in [-0.4, -0.2) is 31.5 Å². The molecule has 2 N–H and O–H groups in total. The van der Waals surface area contributed by atoms with E-state index in [1.165, 1.54) is 13.2 Å². The van der Waals surface area contributed by atoms with Gasteiger partial charge < -0.3 is 20.1 Å². The number of halogens is 2. The number of carbonyl (C=O) groups excluding carboxylic acids is 3. The lowest BCUT2D eigenvalue weighted by Gasteiger charge is -2.10. The first-order valence-electron chi connectivity index (χ1n) is 8.72. The van der Waals surface area contributed by atoms with Gasteiger partial charge in [-0.1, -0.05) is 35.3 Å². The van der Waals surface area contributed by atoms with Gasteiger partial charge in [0.25, 0.3) is 5.91 Å². The summed E-state index contributed by atoms with van der Waals surface area (Å²) < 4.78 is 10.1. The van der Waals surface area contributed by atoms with E-state index in [0.717, 1.165) is 0 Å². The number of hydrogen-bond acceptors (Lipinski definition) is 5. The Kier molecular flexibility index (Phi) is 8.76. The Morgan fingerprint density at radius 3 is 2.41 bits per heavy atom. The van der Waals surface area contributed by atoms with E-state index < -0.39 is 18.5 Å². The average molecular weight is 439 g/mol. The van der Waals surface area contributed by atoms with Gasteiger partial charge in [-0.25, -0.2) is 0 Å². The molecule has 0 saturated carbocycles. The van der Waals surface area contributed by atoms with Crippen molar-refractivity contribution in [3.05, 3.63) is 52.5 Å². The third kappa shape index (κ3) is 7.63. The molecule has 2 aromatic carbocycles. The zero-order valence-electron chi connectivity index (χ0n) is 15.7. The van der Waals surface area contributed by atoms with E-state index in [9.17, 15) is 14.4 Å². The van der Waals surface area contributed by atoms with Crippen molar-refractivity contribution in [2.75, 3.05) is 24.4 Å². The first-order chi connectivity index (χ1) is 13.9. The van der Waals surface area contributed by atoms with Gasteiger partial charge in [-0.3, -0.25) is 14.4 Å². The topological polar surface area (TPSA) is 93.7 Å². The summed E-state index contributed by atoms with van der Waals surface area (Å²) in [5.41, 5.74) is 0.995. The lowest BCUT2D eigenvalue weighted by atomic mass is 10.2. The zero-order valence-corrected chi connectivity index (χ0v) is 17.2. The minimum absolute atomic E-state index is 0.0133. The van der Waals surface area contributed by atoms with E-state index in [-0.39, 0.29) is 25.2 Å². The van der Waals surface area contributed by atoms with Crippen LogP contribution >= 0.6 is 23.2 Å². The van der Waals surface area contributed by atoms with Gasteiger partial charge in [0, 0.05) is 18.5 Å². The number of ether oxygens (including phenoxy) is 2. The Hall–Kier alpha value is -2.77. The van der Waals surface area contributed by atoms with Crippen molar-refractivity contribution < 1.29 is 23.9 Å². The van der Waals surface area contributed by atoms with Gasteiger partial charge >= 0.3 is 5.97 Å². The molecule has 0 heterocycles. The van der Waals surface area contributed by atoms with E-state index in [4.69, 9.17) is 32.7 Å². The highest BCUT2D eigenvalue weighted by Gasteiger charge is 2.11. The number of carbonyl (C=O) groups is 3. The predicted molar refractivity (Wildman–Crippen MR) is 112 cm³/mol. The van der Waals surface area contributed by atoms with Crippen molar-refractivity contribution in [1.29, 1.82) is 0 Å². The fourth-order valence-corrected chi connectivity index (χ4v) is 2.64. The summed E-state index contributed by atoms with van der Waals surface area (Å²) in [5.74, 6) is -0.780. The van der Waals surface area contributed by atoms with Crippen LogP contribution in [0.2, 0.25) is 10.0 Å². The monoisotopic (exact) mass is 438 g/mol. The number of para-hydroxylation sites is 2. The van der Waals surface area contributed by atoms with E-state index >= 15 is 0 Å². The fraction of sp³-hybridized carbons (Fsp3) is 0.250. The lowest BCUT2D eigenvalue weighted by molar-refractivity contribution is -0.147. The number of rotatable bonds is 9. The van der Waals surface area contributed by atoms with E-state index in [1.54, 1.807) is 36.4 Å². The van der Waals surface area contributed by atoms with Crippen LogP contribution in [0.1, 0.15) is 19.3 Å². The summed E-state index contributed by atoms with van der Waals surface area (Å²) in [7, 11) is 1.51. The molecule has 9 heteroatoms. The molecular formula is C20H20Cl2N2O5. The number of nitrogens with one attached hydrogen (secondary N) is 2. The average Bonchev–Trinajstić information content (AvgIpc) is 2.69. The van der Waals surface area contributed by atoms with Crippen molar-refractivity contribution in [1.82, 2.24) is 0 Å². The van der Waals surface area contributed by atoms with Gasteiger partial charge in [0.2, 0.25) is 5.91 Å². The third-order valence-corrected chi connectivity index (χ3v) is 4.47. The van der Waals surface area contributed by atoms with Crippen LogP contribution in [0, 0.1) is 0 Å². The van der Waals surface area contributed by atoms with Crippen LogP contribution in [-0.2, 0) is 19.1 Å². The predicted octanol–water partition coefficient (Wildman–Crippen LogP) is 4.29. The molecule has 0 aliphatic rings.